The number of nitrogens with zero attached hydrogens (tertiary/aromatic N) is 1. The Labute approximate surface area is 107 Å². The first-order valence-electron chi connectivity index (χ1n) is 5.21. The minimum absolute atomic E-state index is 0.121. The molecule has 0 aliphatic carbocycles. The molecule has 1 rings (SSSR count). The van der Waals surface area contributed by atoms with Gasteiger partial charge in [0.15, 0.2) is 0 Å². The molecule has 96 valence electrons. The lowest BCUT2D eigenvalue weighted by Crippen LogP contribution is -2.26. The van der Waals surface area contributed by atoms with E-state index in [1.807, 2.05) is 18.0 Å². The van der Waals surface area contributed by atoms with Gasteiger partial charge in [-0.3, -0.25) is 0 Å². The van der Waals surface area contributed by atoms with Crippen molar-refractivity contribution in [3.63, 3.8) is 0 Å². The van der Waals surface area contributed by atoms with Gasteiger partial charge < -0.3 is 10.6 Å². The number of hydrogen-bond donors (Lipinski definition) is 1. The van der Waals surface area contributed by atoms with Crippen molar-refractivity contribution in [2.24, 2.45) is 5.73 Å². The molecule has 0 heterocycles. The predicted molar refractivity (Wildman–Crippen MR) is 72.3 cm³/mol. The Morgan fingerprint density at radius 2 is 2.06 bits per heavy atom. The largest absolute Gasteiger partial charge is 0.373 e. The summed E-state index contributed by atoms with van der Waals surface area (Å²) < 4.78 is 22.2. The van der Waals surface area contributed by atoms with Crippen LogP contribution >= 0.6 is 11.6 Å². The third kappa shape index (κ3) is 4.53. The van der Waals surface area contributed by atoms with Crippen LogP contribution in [-0.2, 0) is 16.4 Å². The van der Waals surface area contributed by atoms with Crippen molar-refractivity contribution in [3.05, 3.63) is 28.8 Å². The maximum atomic E-state index is 11.1. The van der Waals surface area contributed by atoms with Crippen LogP contribution < -0.4 is 10.6 Å². The van der Waals surface area contributed by atoms with Crippen molar-refractivity contribution < 1.29 is 8.42 Å². The molecule has 0 unspecified atom stereocenters. The monoisotopic (exact) mass is 276 g/mol. The van der Waals surface area contributed by atoms with E-state index in [0.29, 0.717) is 18.1 Å². The molecular formula is C11H17ClN2O2S. The summed E-state index contributed by atoms with van der Waals surface area (Å²) in [7, 11) is -1.11. The van der Waals surface area contributed by atoms with Crippen molar-refractivity contribution in [3.8, 4) is 0 Å². The molecule has 0 aromatic heterocycles. The van der Waals surface area contributed by atoms with Gasteiger partial charge in [0.25, 0.3) is 0 Å². The van der Waals surface area contributed by atoms with Crippen molar-refractivity contribution in [2.75, 3.05) is 30.5 Å². The van der Waals surface area contributed by atoms with E-state index in [4.69, 9.17) is 17.3 Å². The predicted octanol–water partition coefficient (Wildman–Crippen LogP) is 1.28. The Balaban J connectivity index is 2.85. The molecule has 0 bridgehead atoms. The summed E-state index contributed by atoms with van der Waals surface area (Å²) in [5.41, 5.74) is 7.46. The van der Waals surface area contributed by atoms with Gasteiger partial charge in [0.1, 0.15) is 9.84 Å². The SMILES string of the molecule is CN(CCS(C)(=O)=O)c1ccc(Cl)cc1CN. The molecule has 0 aliphatic heterocycles. The number of sulfone groups is 1. The smallest absolute Gasteiger partial charge is 0.149 e. The molecule has 1 aromatic rings. The fourth-order valence-electron chi connectivity index (χ4n) is 1.51. The molecule has 0 atom stereocenters. The van der Waals surface area contributed by atoms with Gasteiger partial charge in [-0.1, -0.05) is 11.6 Å². The molecule has 0 amide bonds. The average Bonchev–Trinajstić information content (AvgIpc) is 2.24. The number of halogens is 1. The van der Waals surface area contributed by atoms with E-state index in [1.54, 1.807) is 12.1 Å². The van der Waals surface area contributed by atoms with Crippen molar-refractivity contribution in [2.45, 2.75) is 6.54 Å². The quantitative estimate of drug-likeness (QED) is 0.880. The highest BCUT2D eigenvalue weighted by atomic mass is 35.5. The molecule has 0 radical (unpaired) electrons. The van der Waals surface area contributed by atoms with E-state index in [0.717, 1.165) is 11.3 Å². The molecular weight excluding hydrogens is 260 g/mol. The van der Waals surface area contributed by atoms with Crippen molar-refractivity contribution in [1.29, 1.82) is 0 Å². The second kappa shape index (κ2) is 5.71. The zero-order valence-electron chi connectivity index (χ0n) is 9.98. The highest BCUT2D eigenvalue weighted by molar-refractivity contribution is 7.90. The molecule has 0 aliphatic rings. The second-order valence-electron chi connectivity index (χ2n) is 4.03. The standard InChI is InChI=1S/C11H17ClN2O2S/c1-14(5-6-17(2,15)16)11-4-3-10(12)7-9(11)8-13/h3-4,7H,5-6,8,13H2,1-2H3. The summed E-state index contributed by atoms with van der Waals surface area (Å²) >= 11 is 5.88. The summed E-state index contributed by atoms with van der Waals surface area (Å²) in [6.45, 7) is 0.812. The molecule has 6 heteroatoms. The number of rotatable bonds is 5. The van der Waals surface area contributed by atoms with Crippen molar-refractivity contribution in [1.82, 2.24) is 0 Å². The highest BCUT2D eigenvalue weighted by Gasteiger charge is 2.10. The van der Waals surface area contributed by atoms with Crippen LogP contribution in [0.4, 0.5) is 5.69 Å². The number of hydrogen-bond acceptors (Lipinski definition) is 4. The maximum absolute atomic E-state index is 11.1. The molecule has 0 spiro atoms. The summed E-state index contributed by atoms with van der Waals surface area (Å²) in [6, 6.07) is 5.42. The highest BCUT2D eigenvalue weighted by Crippen LogP contribution is 2.23. The first kappa shape index (κ1) is 14.3. The van der Waals surface area contributed by atoms with E-state index in [-0.39, 0.29) is 5.75 Å². The number of anilines is 1. The molecule has 17 heavy (non-hydrogen) atoms. The molecule has 0 saturated carbocycles. The van der Waals surface area contributed by atoms with Crippen molar-refractivity contribution >= 4 is 27.1 Å². The summed E-state index contributed by atoms with van der Waals surface area (Å²) in [5, 5.41) is 0.630. The third-order valence-corrected chi connectivity index (χ3v) is 3.63. The zero-order chi connectivity index (χ0) is 13.1. The van der Waals surface area contributed by atoms with Crippen LogP contribution in [0.2, 0.25) is 5.02 Å². The van der Waals surface area contributed by atoms with Crippen LogP contribution in [0.5, 0.6) is 0 Å². The second-order valence-corrected chi connectivity index (χ2v) is 6.72. The van der Waals surface area contributed by atoms with Crippen LogP contribution in [-0.4, -0.2) is 34.0 Å². The third-order valence-electron chi connectivity index (χ3n) is 2.47. The Bertz CT molecular complexity index is 488. The van der Waals surface area contributed by atoms with Gasteiger partial charge in [0.2, 0.25) is 0 Å². The van der Waals surface area contributed by atoms with Gasteiger partial charge in [-0.05, 0) is 23.8 Å². The summed E-state index contributed by atoms with van der Waals surface area (Å²) in [6.07, 6.45) is 1.23. The van der Waals surface area contributed by atoms with Crippen LogP contribution in [0.3, 0.4) is 0 Å². The Morgan fingerprint density at radius 1 is 1.41 bits per heavy atom. The van der Waals surface area contributed by atoms with E-state index >= 15 is 0 Å². The Morgan fingerprint density at radius 3 is 2.59 bits per heavy atom. The van der Waals surface area contributed by atoms with Crippen LogP contribution in [0.15, 0.2) is 18.2 Å². The average molecular weight is 277 g/mol. The van der Waals surface area contributed by atoms with Crippen LogP contribution in [0.1, 0.15) is 5.56 Å². The molecule has 2 N–H and O–H groups in total. The first-order chi connectivity index (χ1) is 7.83. The van der Waals surface area contributed by atoms with Gasteiger partial charge in [-0.25, -0.2) is 8.42 Å². The number of nitrogens with two attached hydrogens (primary N) is 1. The minimum atomic E-state index is -2.95. The first-order valence-corrected chi connectivity index (χ1v) is 7.64. The lowest BCUT2D eigenvalue weighted by Gasteiger charge is -2.21. The topological polar surface area (TPSA) is 63.4 Å². The molecule has 0 saturated heterocycles. The Kier molecular flexibility index (Phi) is 4.80. The minimum Gasteiger partial charge on any atom is -0.373 e. The van der Waals surface area contributed by atoms with E-state index in [9.17, 15) is 8.42 Å². The van der Waals surface area contributed by atoms with Crippen LogP contribution in [0, 0.1) is 0 Å². The fraction of sp³-hybridized carbons (Fsp3) is 0.455. The lowest BCUT2D eigenvalue weighted by molar-refractivity contribution is 0.601. The van der Waals surface area contributed by atoms with Gasteiger partial charge >= 0.3 is 0 Å². The molecule has 0 fully saturated rings. The van der Waals surface area contributed by atoms with Crippen LogP contribution in [0.25, 0.3) is 0 Å². The van der Waals surface area contributed by atoms with Gasteiger partial charge in [0.05, 0.1) is 5.75 Å². The van der Waals surface area contributed by atoms with E-state index < -0.39 is 9.84 Å². The van der Waals surface area contributed by atoms with Gasteiger partial charge in [0, 0.05) is 37.1 Å². The van der Waals surface area contributed by atoms with E-state index in [2.05, 4.69) is 0 Å². The lowest BCUT2D eigenvalue weighted by atomic mass is 10.1. The molecule has 4 nitrogen and oxygen atoms in total. The van der Waals surface area contributed by atoms with E-state index in [1.165, 1.54) is 6.26 Å². The molecule has 1 aromatic carbocycles. The zero-order valence-corrected chi connectivity index (χ0v) is 11.6. The van der Waals surface area contributed by atoms with Gasteiger partial charge in [-0.2, -0.15) is 0 Å². The Hall–Kier alpha value is -0.780. The number of benzene rings is 1. The normalized spacial score (nSPS) is 11.5. The summed E-state index contributed by atoms with van der Waals surface area (Å²) in [5.74, 6) is 0.121. The van der Waals surface area contributed by atoms with Gasteiger partial charge in [-0.15, -0.1) is 0 Å². The maximum Gasteiger partial charge on any atom is 0.149 e. The fourth-order valence-corrected chi connectivity index (χ4v) is 2.31. The summed E-state index contributed by atoms with van der Waals surface area (Å²) in [4.78, 5) is 1.87.